The smallest absolute Gasteiger partial charge is 0.301 e. The third-order valence-corrected chi connectivity index (χ3v) is 7.04. The van der Waals surface area contributed by atoms with Crippen LogP contribution >= 0.6 is 34.2 Å². The molecule has 11 nitrogen and oxygen atoms in total. The molecule has 1 fully saturated rings. The van der Waals surface area contributed by atoms with Crippen molar-refractivity contribution in [2.75, 3.05) is 5.32 Å². The zero-order chi connectivity index (χ0) is 27.7. The number of aryl methyl sites for hydroxylation is 1. The van der Waals surface area contributed by atoms with Gasteiger partial charge in [-0.05, 0) is 89.9 Å². The quantitative estimate of drug-likeness (QED) is 0.267. The van der Waals surface area contributed by atoms with Crippen molar-refractivity contribution in [3.05, 3.63) is 73.5 Å². The van der Waals surface area contributed by atoms with E-state index < -0.39 is 18.2 Å². The molecule has 5 rings (SSSR count). The highest BCUT2D eigenvalue weighted by atomic mass is 127. The van der Waals surface area contributed by atoms with Crippen LogP contribution in [0, 0.1) is 10.5 Å². The van der Waals surface area contributed by atoms with Crippen LogP contribution in [-0.4, -0.2) is 52.8 Å². The molecule has 202 valence electrons. The molecule has 2 amide bonds. The maximum atomic E-state index is 13.7. The molecule has 1 saturated carbocycles. The van der Waals surface area contributed by atoms with Crippen molar-refractivity contribution >= 4 is 51.7 Å². The van der Waals surface area contributed by atoms with Gasteiger partial charge in [0.2, 0.25) is 5.82 Å². The van der Waals surface area contributed by atoms with Gasteiger partial charge in [0.25, 0.3) is 11.8 Å². The van der Waals surface area contributed by atoms with Crippen molar-refractivity contribution in [3.63, 3.8) is 0 Å². The average molecular weight is 668 g/mol. The molecule has 0 radical (unpaired) electrons. The van der Waals surface area contributed by atoms with Crippen LogP contribution in [-0.2, 0) is 6.54 Å². The van der Waals surface area contributed by atoms with Crippen molar-refractivity contribution in [1.82, 2.24) is 40.3 Å². The maximum absolute atomic E-state index is 13.7. The Balaban J connectivity index is 1.50. The number of tetrazole rings is 1. The molecule has 15 heteroatoms. The average Bonchev–Trinajstić information content (AvgIpc) is 3.51. The summed E-state index contributed by atoms with van der Waals surface area (Å²) in [6, 6.07) is 8.35. The fourth-order valence-electron chi connectivity index (χ4n) is 4.00. The lowest BCUT2D eigenvalue weighted by atomic mass is 9.92. The summed E-state index contributed by atoms with van der Waals surface area (Å²) < 4.78 is 27.9. The Labute approximate surface area is 239 Å². The largest absolute Gasteiger partial charge is 0.349 e. The molecule has 4 aromatic rings. The van der Waals surface area contributed by atoms with Crippen molar-refractivity contribution in [2.24, 2.45) is 0 Å². The fourth-order valence-corrected chi connectivity index (χ4v) is 4.98. The Hall–Kier alpha value is -3.53. The summed E-state index contributed by atoms with van der Waals surface area (Å²) in [6.45, 7) is 1.66. The SMILES string of the molecule is Cc1cc(I)cc(C(=O)NC2CCC2)c1NC(=O)c1cc(Cn2nnc(C(F)F)n2)nn1-c1ncccc1Cl. The van der Waals surface area contributed by atoms with Crippen LogP contribution in [0.1, 0.15) is 63.6 Å². The van der Waals surface area contributed by atoms with Crippen LogP contribution in [0.5, 0.6) is 0 Å². The van der Waals surface area contributed by atoms with Gasteiger partial charge in [0.15, 0.2) is 5.82 Å². The molecule has 1 aliphatic carbocycles. The molecule has 2 N–H and O–H groups in total. The van der Waals surface area contributed by atoms with Gasteiger partial charge in [-0.1, -0.05) is 11.6 Å². The van der Waals surface area contributed by atoms with Gasteiger partial charge in [0.1, 0.15) is 12.2 Å². The van der Waals surface area contributed by atoms with Crippen molar-refractivity contribution in [3.8, 4) is 5.82 Å². The molecule has 3 aromatic heterocycles. The van der Waals surface area contributed by atoms with Gasteiger partial charge < -0.3 is 10.6 Å². The van der Waals surface area contributed by atoms with Crippen LogP contribution in [0.4, 0.5) is 14.5 Å². The van der Waals surface area contributed by atoms with Crippen molar-refractivity contribution < 1.29 is 18.4 Å². The predicted molar refractivity (Wildman–Crippen MR) is 145 cm³/mol. The summed E-state index contributed by atoms with van der Waals surface area (Å²) in [5, 5.41) is 21.1. The minimum Gasteiger partial charge on any atom is -0.349 e. The molecular formula is C24H21ClF2IN9O2. The van der Waals surface area contributed by atoms with Gasteiger partial charge in [-0.15, -0.1) is 10.2 Å². The standard InChI is InChI=1S/C24H21ClF2IN9O2/c1-12-8-13(28)9-16(23(38)30-14-4-2-5-14)19(12)31-24(39)18-10-15(11-36-34-21(20(26)27)32-35-36)33-37(18)22-17(25)6-3-7-29-22/h3,6-10,14,20H,2,4-5,11H2,1H3,(H,30,38)(H,31,39). The molecule has 0 bridgehead atoms. The highest BCUT2D eigenvalue weighted by Gasteiger charge is 2.26. The number of benzene rings is 1. The highest BCUT2D eigenvalue weighted by Crippen LogP contribution is 2.27. The van der Waals surface area contributed by atoms with E-state index in [1.165, 1.54) is 16.9 Å². The maximum Gasteiger partial charge on any atom is 0.301 e. The van der Waals surface area contributed by atoms with E-state index >= 15 is 0 Å². The first-order valence-corrected chi connectivity index (χ1v) is 13.3. The van der Waals surface area contributed by atoms with Crippen LogP contribution in [0.15, 0.2) is 36.5 Å². The molecule has 39 heavy (non-hydrogen) atoms. The van der Waals surface area contributed by atoms with E-state index in [2.05, 4.69) is 58.7 Å². The van der Waals surface area contributed by atoms with E-state index in [1.807, 2.05) is 6.07 Å². The van der Waals surface area contributed by atoms with E-state index in [0.717, 1.165) is 27.6 Å². The van der Waals surface area contributed by atoms with E-state index in [0.29, 0.717) is 16.8 Å². The molecule has 0 unspecified atom stereocenters. The Morgan fingerprint density at radius 1 is 1.21 bits per heavy atom. The van der Waals surface area contributed by atoms with Crippen LogP contribution in [0.2, 0.25) is 5.02 Å². The van der Waals surface area contributed by atoms with E-state index in [1.54, 1.807) is 25.1 Å². The first-order valence-electron chi connectivity index (χ1n) is 11.9. The van der Waals surface area contributed by atoms with Crippen molar-refractivity contribution in [2.45, 2.75) is 45.2 Å². The van der Waals surface area contributed by atoms with E-state index in [4.69, 9.17) is 11.6 Å². The first-order chi connectivity index (χ1) is 18.7. The molecular weight excluding hydrogens is 647 g/mol. The van der Waals surface area contributed by atoms with Crippen LogP contribution in [0.25, 0.3) is 5.82 Å². The molecule has 1 aliphatic rings. The summed E-state index contributed by atoms with van der Waals surface area (Å²) in [4.78, 5) is 31.9. The predicted octanol–water partition coefficient (Wildman–Crippen LogP) is 4.34. The molecule has 1 aromatic carbocycles. The third kappa shape index (κ3) is 5.90. The second-order valence-corrected chi connectivity index (χ2v) is 10.6. The number of hydrogen-bond donors (Lipinski definition) is 2. The number of rotatable bonds is 8. The third-order valence-electron chi connectivity index (χ3n) is 6.12. The number of pyridine rings is 1. The van der Waals surface area contributed by atoms with Gasteiger partial charge in [0, 0.05) is 15.8 Å². The van der Waals surface area contributed by atoms with Gasteiger partial charge in [0.05, 0.1) is 22.0 Å². The fraction of sp³-hybridized carbons (Fsp3) is 0.292. The lowest BCUT2D eigenvalue weighted by molar-refractivity contribution is 0.0917. The molecule has 0 spiro atoms. The van der Waals surface area contributed by atoms with Crippen molar-refractivity contribution in [1.29, 1.82) is 0 Å². The molecule has 0 saturated heterocycles. The van der Waals surface area contributed by atoms with Crippen LogP contribution in [0.3, 0.4) is 0 Å². The van der Waals surface area contributed by atoms with Crippen LogP contribution < -0.4 is 10.6 Å². The Morgan fingerprint density at radius 3 is 2.67 bits per heavy atom. The topological polar surface area (TPSA) is 133 Å². The van der Waals surface area contributed by atoms with E-state index in [9.17, 15) is 18.4 Å². The van der Waals surface area contributed by atoms with Gasteiger partial charge in [-0.25, -0.2) is 18.4 Å². The summed E-state index contributed by atoms with van der Waals surface area (Å²) in [7, 11) is 0. The summed E-state index contributed by atoms with van der Waals surface area (Å²) in [5.41, 5.74) is 1.71. The van der Waals surface area contributed by atoms with Gasteiger partial charge >= 0.3 is 6.43 Å². The molecule has 0 aliphatic heterocycles. The second kappa shape index (κ2) is 11.3. The number of hydrogen-bond acceptors (Lipinski definition) is 7. The molecule has 3 heterocycles. The zero-order valence-electron chi connectivity index (χ0n) is 20.4. The number of nitrogens with zero attached hydrogens (tertiary/aromatic N) is 7. The monoisotopic (exact) mass is 667 g/mol. The lowest BCUT2D eigenvalue weighted by Gasteiger charge is -2.27. The first kappa shape index (κ1) is 27.1. The number of alkyl halides is 2. The molecule has 0 atom stereocenters. The minimum absolute atomic E-state index is 0.0445. The number of halogens is 4. The summed E-state index contributed by atoms with van der Waals surface area (Å²) in [6.07, 6.45) is 1.52. The number of amides is 2. The number of nitrogens with one attached hydrogen (secondary N) is 2. The highest BCUT2D eigenvalue weighted by molar-refractivity contribution is 14.1. The Bertz CT molecular complexity index is 1550. The summed E-state index contributed by atoms with van der Waals surface area (Å²) >= 11 is 8.47. The number of carbonyl (C=O) groups excluding carboxylic acids is 2. The normalized spacial score (nSPS) is 13.4. The van der Waals surface area contributed by atoms with Gasteiger partial charge in [-0.3, -0.25) is 9.59 Å². The van der Waals surface area contributed by atoms with E-state index in [-0.39, 0.29) is 40.7 Å². The summed E-state index contributed by atoms with van der Waals surface area (Å²) in [5.74, 6) is -1.40. The Morgan fingerprint density at radius 2 is 2.00 bits per heavy atom. The Kier molecular flexibility index (Phi) is 7.83. The number of carbonyl (C=O) groups is 2. The van der Waals surface area contributed by atoms with Gasteiger partial charge in [-0.2, -0.15) is 9.90 Å². The number of anilines is 1. The zero-order valence-corrected chi connectivity index (χ0v) is 23.3. The second-order valence-electron chi connectivity index (χ2n) is 8.92. The lowest BCUT2D eigenvalue weighted by Crippen LogP contribution is -2.40. The number of aromatic nitrogens is 7. The minimum atomic E-state index is -2.88.